The highest BCUT2D eigenvalue weighted by Gasteiger charge is 2.38. The van der Waals surface area contributed by atoms with Crippen molar-refractivity contribution in [2.24, 2.45) is 5.92 Å². The number of hydrogen-bond donors (Lipinski definition) is 1. The van der Waals surface area contributed by atoms with Crippen LogP contribution in [0.5, 0.6) is 5.75 Å². The first kappa shape index (κ1) is 13.9. The van der Waals surface area contributed by atoms with Crippen LogP contribution in [0.4, 0.5) is 5.69 Å². The SMILES string of the molecule is COc1cccc2c1N[C@H](c1cccc(Br)c1)[C@@H]1CC=C[C@H]21. The molecule has 2 aromatic rings. The Bertz CT molecular complexity index is 740. The van der Waals surface area contributed by atoms with Gasteiger partial charge in [0.2, 0.25) is 0 Å². The van der Waals surface area contributed by atoms with Crippen LogP contribution in [0.1, 0.15) is 29.5 Å². The largest absolute Gasteiger partial charge is 0.495 e. The lowest BCUT2D eigenvalue weighted by molar-refractivity contribution is 0.397. The van der Waals surface area contributed by atoms with Crippen LogP contribution in [0.25, 0.3) is 0 Å². The Labute approximate surface area is 139 Å². The van der Waals surface area contributed by atoms with Gasteiger partial charge in [-0.1, -0.05) is 52.3 Å². The van der Waals surface area contributed by atoms with Gasteiger partial charge in [0, 0.05) is 10.4 Å². The van der Waals surface area contributed by atoms with Crippen molar-refractivity contribution < 1.29 is 4.74 Å². The molecule has 0 bridgehead atoms. The molecule has 2 aromatic carbocycles. The highest BCUT2D eigenvalue weighted by Crippen LogP contribution is 2.52. The molecule has 0 saturated heterocycles. The lowest BCUT2D eigenvalue weighted by Gasteiger charge is -2.38. The molecule has 1 aliphatic carbocycles. The molecule has 0 unspecified atom stereocenters. The minimum absolute atomic E-state index is 0.307. The molecule has 0 amide bonds. The molecule has 2 nitrogen and oxygen atoms in total. The second-order valence-electron chi connectivity index (χ2n) is 5.96. The van der Waals surface area contributed by atoms with E-state index in [0.29, 0.717) is 17.9 Å². The maximum absolute atomic E-state index is 5.57. The van der Waals surface area contributed by atoms with E-state index in [9.17, 15) is 0 Å². The van der Waals surface area contributed by atoms with E-state index < -0.39 is 0 Å². The zero-order chi connectivity index (χ0) is 15.1. The maximum atomic E-state index is 5.57. The van der Waals surface area contributed by atoms with Gasteiger partial charge in [0.25, 0.3) is 0 Å². The van der Waals surface area contributed by atoms with Gasteiger partial charge in [-0.15, -0.1) is 0 Å². The molecule has 0 spiro atoms. The minimum atomic E-state index is 0.307. The molecule has 0 aromatic heterocycles. The number of rotatable bonds is 2. The first-order chi connectivity index (χ1) is 10.8. The van der Waals surface area contributed by atoms with Gasteiger partial charge in [0.15, 0.2) is 0 Å². The lowest BCUT2D eigenvalue weighted by atomic mass is 9.77. The van der Waals surface area contributed by atoms with Gasteiger partial charge in [0.1, 0.15) is 5.75 Å². The Morgan fingerprint density at radius 3 is 2.86 bits per heavy atom. The number of hydrogen-bond acceptors (Lipinski definition) is 2. The summed E-state index contributed by atoms with van der Waals surface area (Å²) in [5, 5.41) is 3.75. The zero-order valence-corrected chi connectivity index (χ0v) is 14.0. The van der Waals surface area contributed by atoms with Crippen LogP contribution in [0.3, 0.4) is 0 Å². The quantitative estimate of drug-likeness (QED) is 0.739. The molecule has 3 heteroatoms. The summed E-state index contributed by atoms with van der Waals surface area (Å²) < 4.78 is 6.70. The lowest BCUT2D eigenvalue weighted by Crippen LogP contribution is -2.29. The fourth-order valence-corrected chi connectivity index (χ4v) is 4.21. The van der Waals surface area contributed by atoms with Gasteiger partial charge < -0.3 is 10.1 Å². The molecular weight excluding hydrogens is 338 g/mol. The van der Waals surface area contributed by atoms with E-state index in [1.165, 1.54) is 11.1 Å². The van der Waals surface area contributed by atoms with Crippen LogP contribution >= 0.6 is 15.9 Å². The van der Waals surface area contributed by atoms with Crippen molar-refractivity contribution >= 4 is 21.6 Å². The third-order valence-electron chi connectivity index (χ3n) is 4.79. The first-order valence-electron chi connectivity index (χ1n) is 7.63. The van der Waals surface area contributed by atoms with Crippen molar-refractivity contribution in [1.29, 1.82) is 0 Å². The molecule has 22 heavy (non-hydrogen) atoms. The number of allylic oxidation sites excluding steroid dienone is 2. The molecular formula is C19H18BrNO. The zero-order valence-electron chi connectivity index (χ0n) is 12.4. The Morgan fingerprint density at radius 2 is 2.05 bits per heavy atom. The molecule has 1 N–H and O–H groups in total. The van der Waals surface area contributed by atoms with E-state index in [4.69, 9.17) is 4.74 Å². The number of nitrogens with one attached hydrogen (secondary N) is 1. The third kappa shape index (κ3) is 2.15. The van der Waals surface area contributed by atoms with Gasteiger partial charge in [-0.3, -0.25) is 0 Å². The molecule has 4 rings (SSSR count). The summed E-state index contributed by atoms with van der Waals surface area (Å²) in [7, 11) is 1.74. The number of anilines is 1. The predicted octanol–water partition coefficient (Wildman–Crippen LogP) is 5.28. The van der Waals surface area contributed by atoms with Gasteiger partial charge >= 0.3 is 0 Å². The Hall–Kier alpha value is -1.74. The number of ether oxygens (including phenoxy) is 1. The second kappa shape index (κ2) is 5.47. The summed E-state index contributed by atoms with van der Waals surface area (Å²) in [5.41, 5.74) is 3.82. The van der Waals surface area contributed by atoms with Crippen molar-refractivity contribution in [3.8, 4) is 5.75 Å². The molecule has 2 aliphatic rings. The summed E-state index contributed by atoms with van der Waals surface area (Å²) in [5.74, 6) is 1.96. The van der Waals surface area contributed by atoms with Crippen molar-refractivity contribution in [2.75, 3.05) is 12.4 Å². The molecule has 0 saturated carbocycles. The van der Waals surface area contributed by atoms with E-state index in [2.05, 4.69) is 69.8 Å². The Morgan fingerprint density at radius 1 is 1.18 bits per heavy atom. The first-order valence-corrected chi connectivity index (χ1v) is 8.43. The molecule has 3 atom stereocenters. The summed E-state index contributed by atoms with van der Waals surface area (Å²) in [6.45, 7) is 0. The van der Waals surface area contributed by atoms with E-state index in [1.807, 2.05) is 6.07 Å². The van der Waals surface area contributed by atoms with E-state index in [0.717, 1.165) is 22.3 Å². The van der Waals surface area contributed by atoms with Gasteiger partial charge in [-0.05, 0) is 41.7 Å². The summed E-state index contributed by atoms with van der Waals surface area (Å²) in [6, 6.07) is 15.2. The van der Waals surface area contributed by atoms with Crippen LogP contribution in [0.2, 0.25) is 0 Å². The molecule has 112 valence electrons. The number of para-hydroxylation sites is 1. The molecule has 1 aliphatic heterocycles. The smallest absolute Gasteiger partial charge is 0.142 e. The normalized spacial score (nSPS) is 25.3. The van der Waals surface area contributed by atoms with Crippen LogP contribution in [0.15, 0.2) is 59.1 Å². The van der Waals surface area contributed by atoms with Gasteiger partial charge in [-0.2, -0.15) is 0 Å². The van der Waals surface area contributed by atoms with Gasteiger partial charge in [-0.25, -0.2) is 0 Å². The average Bonchev–Trinajstić information content (AvgIpc) is 3.03. The summed E-state index contributed by atoms with van der Waals surface area (Å²) in [4.78, 5) is 0. The highest BCUT2D eigenvalue weighted by molar-refractivity contribution is 9.10. The second-order valence-corrected chi connectivity index (χ2v) is 6.87. The van der Waals surface area contributed by atoms with E-state index in [-0.39, 0.29) is 0 Å². The fourth-order valence-electron chi connectivity index (χ4n) is 3.79. The average molecular weight is 356 g/mol. The van der Waals surface area contributed by atoms with Gasteiger partial charge in [0.05, 0.1) is 18.8 Å². The highest BCUT2D eigenvalue weighted by atomic mass is 79.9. The molecule has 0 radical (unpaired) electrons. The number of methoxy groups -OCH3 is 1. The fraction of sp³-hybridized carbons (Fsp3) is 0.263. The third-order valence-corrected chi connectivity index (χ3v) is 5.28. The monoisotopic (exact) mass is 355 g/mol. The summed E-state index contributed by atoms with van der Waals surface area (Å²) in [6.07, 6.45) is 5.79. The molecule has 1 heterocycles. The maximum Gasteiger partial charge on any atom is 0.142 e. The minimum Gasteiger partial charge on any atom is -0.495 e. The summed E-state index contributed by atoms with van der Waals surface area (Å²) >= 11 is 3.59. The Kier molecular flexibility index (Phi) is 3.45. The van der Waals surface area contributed by atoms with Crippen molar-refractivity contribution in [3.63, 3.8) is 0 Å². The van der Waals surface area contributed by atoms with Crippen LogP contribution < -0.4 is 10.1 Å². The topological polar surface area (TPSA) is 21.3 Å². The Balaban J connectivity index is 1.83. The number of benzene rings is 2. The molecule has 0 fully saturated rings. The number of halogens is 1. The van der Waals surface area contributed by atoms with Crippen LogP contribution in [-0.4, -0.2) is 7.11 Å². The van der Waals surface area contributed by atoms with E-state index >= 15 is 0 Å². The van der Waals surface area contributed by atoms with Crippen molar-refractivity contribution in [2.45, 2.75) is 18.4 Å². The number of fused-ring (bicyclic) bond motifs is 3. The standard InChI is InChI=1S/C19H18BrNO/c1-22-17-10-4-9-16-14-7-3-8-15(14)18(21-19(16)17)12-5-2-6-13(20)11-12/h2-7,9-11,14-15,18,21H,8H2,1H3/t14-,15+,18+/m0/s1. The van der Waals surface area contributed by atoms with Crippen LogP contribution in [0, 0.1) is 5.92 Å². The predicted molar refractivity (Wildman–Crippen MR) is 93.5 cm³/mol. The van der Waals surface area contributed by atoms with E-state index in [1.54, 1.807) is 7.11 Å². The van der Waals surface area contributed by atoms with Crippen molar-refractivity contribution in [3.05, 3.63) is 70.2 Å². The van der Waals surface area contributed by atoms with Crippen LogP contribution in [-0.2, 0) is 0 Å². The van der Waals surface area contributed by atoms with Crippen molar-refractivity contribution in [1.82, 2.24) is 0 Å².